The Morgan fingerprint density at radius 3 is 1.35 bits per heavy atom. The second-order valence-corrected chi connectivity index (χ2v) is 10.4. The van der Waals surface area contributed by atoms with Gasteiger partial charge in [-0.2, -0.15) is 0 Å². The normalized spacial score (nSPS) is 14.9. The van der Waals surface area contributed by atoms with E-state index in [9.17, 15) is 0 Å². The van der Waals surface area contributed by atoms with E-state index in [4.69, 9.17) is 0 Å². The minimum Gasteiger partial charge on any atom is -0.0683 e. The number of hydrogen-bond donors (Lipinski definition) is 0. The van der Waals surface area contributed by atoms with Crippen molar-refractivity contribution in [2.45, 2.75) is 39.5 Å². The topological polar surface area (TPSA) is 0 Å². The molecule has 0 unspecified atom stereocenters. The molecule has 0 radical (unpaired) electrons. The Hall–Kier alpha value is -3.64. The zero-order valence-electron chi connectivity index (χ0n) is 19.6. The van der Waals surface area contributed by atoms with Crippen molar-refractivity contribution < 1.29 is 0 Å². The molecule has 4 aliphatic carbocycles. The maximum atomic E-state index is 2.59. The lowest BCUT2D eigenvalue weighted by molar-refractivity contribution is 1.15. The molecule has 34 heavy (non-hydrogen) atoms. The minimum absolute atomic E-state index is 1.08. The quantitative estimate of drug-likeness (QED) is 0.211. The monoisotopic (exact) mass is 432 g/mol. The van der Waals surface area contributed by atoms with E-state index in [0.717, 1.165) is 25.7 Å². The summed E-state index contributed by atoms with van der Waals surface area (Å²) in [6.45, 7) is 4.00. The Labute approximate surface area is 199 Å². The predicted molar refractivity (Wildman–Crippen MR) is 144 cm³/mol. The van der Waals surface area contributed by atoms with E-state index in [1.807, 2.05) is 13.8 Å². The first kappa shape index (κ1) is 17.8. The summed E-state index contributed by atoms with van der Waals surface area (Å²) in [5.74, 6) is 0. The van der Waals surface area contributed by atoms with Crippen LogP contribution >= 0.6 is 0 Å². The summed E-state index contributed by atoms with van der Waals surface area (Å²) in [4.78, 5) is 0. The first-order valence-corrected chi connectivity index (χ1v) is 12.9. The molecule has 6 aromatic carbocycles. The van der Waals surface area contributed by atoms with Gasteiger partial charge >= 0.3 is 0 Å². The maximum absolute atomic E-state index is 2.59. The second kappa shape index (κ2) is 5.70. The minimum atomic E-state index is 1.08. The summed E-state index contributed by atoms with van der Waals surface area (Å²) in [7, 11) is 0. The Bertz CT molecular complexity index is 1780. The first-order valence-electron chi connectivity index (χ1n) is 12.9. The van der Waals surface area contributed by atoms with E-state index in [2.05, 4.69) is 60.7 Å². The molecule has 0 saturated carbocycles. The largest absolute Gasteiger partial charge is 0.0683 e. The summed E-state index contributed by atoms with van der Waals surface area (Å²) in [6, 6.07) is 23.7. The highest BCUT2D eigenvalue weighted by molar-refractivity contribution is 6.34. The van der Waals surface area contributed by atoms with Crippen LogP contribution in [0.2, 0.25) is 0 Å². The van der Waals surface area contributed by atoms with Crippen LogP contribution in [0, 0.1) is 0 Å². The first-order chi connectivity index (χ1) is 16.9. The molecule has 0 saturated heterocycles. The molecule has 0 heteroatoms. The van der Waals surface area contributed by atoms with Crippen molar-refractivity contribution in [3.05, 3.63) is 105 Å². The van der Waals surface area contributed by atoms with Gasteiger partial charge in [0.05, 0.1) is 0 Å². The van der Waals surface area contributed by atoms with Gasteiger partial charge in [-0.1, -0.05) is 74.5 Å². The highest BCUT2D eigenvalue weighted by atomic mass is 14.4. The van der Waals surface area contributed by atoms with Gasteiger partial charge in [-0.15, -0.1) is 0 Å². The molecule has 0 N–H and O–H groups in total. The highest BCUT2D eigenvalue weighted by Crippen LogP contribution is 2.59. The lowest BCUT2D eigenvalue weighted by Gasteiger charge is -2.29. The molecule has 6 aromatic rings. The van der Waals surface area contributed by atoms with Gasteiger partial charge in [-0.25, -0.2) is 0 Å². The van der Waals surface area contributed by atoms with Gasteiger partial charge in [0.1, 0.15) is 0 Å². The summed E-state index contributed by atoms with van der Waals surface area (Å²) in [5.41, 5.74) is 18.7. The van der Waals surface area contributed by atoms with Crippen LogP contribution in [0.25, 0.3) is 54.6 Å². The van der Waals surface area contributed by atoms with Crippen LogP contribution in [0.4, 0.5) is 0 Å². The maximum Gasteiger partial charge on any atom is -0.000694 e. The molecule has 0 aliphatic heterocycles. The van der Waals surface area contributed by atoms with Gasteiger partial charge in [0.2, 0.25) is 0 Å². The summed E-state index contributed by atoms with van der Waals surface area (Å²) >= 11 is 0. The van der Waals surface area contributed by atoms with Crippen LogP contribution < -0.4 is 0 Å². The summed E-state index contributed by atoms with van der Waals surface area (Å²) < 4.78 is 0. The molecule has 0 spiro atoms. The molecule has 4 aliphatic rings. The van der Waals surface area contributed by atoms with Crippen molar-refractivity contribution in [2.24, 2.45) is 0 Å². The van der Waals surface area contributed by atoms with Crippen LogP contribution in [0.15, 0.2) is 60.7 Å². The smallest absolute Gasteiger partial charge is 0.000694 e. The van der Waals surface area contributed by atoms with Crippen LogP contribution in [0.5, 0.6) is 0 Å². The summed E-state index contributed by atoms with van der Waals surface area (Å²) in [6.07, 6.45) is 4.32. The fraction of sp³-hybridized carbons (Fsp3) is 0.176. The molecular formula is C34H24. The van der Waals surface area contributed by atoms with Crippen LogP contribution in [0.3, 0.4) is 0 Å². The van der Waals surface area contributed by atoms with Crippen molar-refractivity contribution in [3.8, 4) is 22.3 Å². The van der Waals surface area contributed by atoms with Gasteiger partial charge in [-0.05, 0) is 125 Å². The second-order valence-electron chi connectivity index (χ2n) is 10.4. The van der Waals surface area contributed by atoms with Gasteiger partial charge in [-0.3, -0.25) is 0 Å². The Kier molecular flexibility index (Phi) is 2.98. The zero-order valence-corrected chi connectivity index (χ0v) is 19.6. The van der Waals surface area contributed by atoms with Crippen molar-refractivity contribution >= 4 is 32.3 Å². The van der Waals surface area contributed by atoms with Gasteiger partial charge < -0.3 is 0 Å². The molecule has 0 atom stereocenters. The van der Waals surface area contributed by atoms with Gasteiger partial charge in [0.15, 0.2) is 0 Å². The van der Waals surface area contributed by atoms with Crippen molar-refractivity contribution in [1.82, 2.24) is 0 Å². The zero-order chi connectivity index (χ0) is 22.3. The van der Waals surface area contributed by atoms with Crippen molar-refractivity contribution in [1.29, 1.82) is 0 Å². The average Bonchev–Trinajstić information content (AvgIpc) is 3.47. The molecule has 160 valence electrons. The van der Waals surface area contributed by atoms with Crippen LogP contribution in [0.1, 0.15) is 58.4 Å². The van der Waals surface area contributed by atoms with E-state index in [1.54, 1.807) is 66.1 Å². The van der Waals surface area contributed by atoms with E-state index in [-0.39, 0.29) is 0 Å². The Morgan fingerprint density at radius 1 is 0.412 bits per heavy atom. The fourth-order valence-electron chi connectivity index (χ4n) is 8.04. The van der Waals surface area contributed by atoms with E-state index in [0.29, 0.717) is 0 Å². The molecular weight excluding hydrogens is 408 g/mol. The van der Waals surface area contributed by atoms with Gasteiger partial charge in [0, 0.05) is 0 Å². The third kappa shape index (κ3) is 1.74. The average molecular weight is 433 g/mol. The number of fused-ring (bicyclic) bond motifs is 2. The standard InChI is InChI=1S/C32H18.C2H6/c1-4-15-10-19-12-20-11-16-5-2-7-18-14-24-22-9-3-8-21-23-13-17(6-1)25(15)30(23)27(19)32(29(21)22)28(20)31(24)26(16)18;1-2/h1-9,12H,10-11,13-14H2;1-2H3. The van der Waals surface area contributed by atoms with Crippen molar-refractivity contribution in [3.63, 3.8) is 0 Å². The van der Waals surface area contributed by atoms with Gasteiger partial charge in [0.25, 0.3) is 0 Å². The molecule has 0 fully saturated rings. The van der Waals surface area contributed by atoms with Crippen molar-refractivity contribution in [2.75, 3.05) is 0 Å². The third-order valence-electron chi connectivity index (χ3n) is 9.03. The number of benzene rings is 6. The SMILES string of the molecule is CC.c1cc2c3c(c1)Cc1cc4c5c6c(c7cccc8c(c-3c1c5c87)C2)Cc1cccc(c1-6)C4. The molecule has 0 heterocycles. The van der Waals surface area contributed by atoms with E-state index in [1.165, 1.54) is 33.0 Å². The Balaban J connectivity index is 0.000000862. The molecule has 0 nitrogen and oxygen atoms in total. The third-order valence-corrected chi connectivity index (χ3v) is 9.03. The van der Waals surface area contributed by atoms with E-state index >= 15 is 0 Å². The highest BCUT2D eigenvalue weighted by Gasteiger charge is 2.37. The molecule has 0 aromatic heterocycles. The van der Waals surface area contributed by atoms with Crippen LogP contribution in [-0.2, 0) is 25.7 Å². The van der Waals surface area contributed by atoms with Crippen LogP contribution in [-0.4, -0.2) is 0 Å². The predicted octanol–water partition coefficient (Wildman–Crippen LogP) is 8.56. The fourth-order valence-corrected chi connectivity index (χ4v) is 8.04. The van der Waals surface area contributed by atoms with E-state index < -0.39 is 0 Å². The number of rotatable bonds is 0. The molecule has 10 rings (SSSR count). The lowest BCUT2D eigenvalue weighted by atomic mass is 9.74. The molecule has 0 amide bonds. The number of hydrogen-bond acceptors (Lipinski definition) is 0. The summed E-state index contributed by atoms with van der Waals surface area (Å²) in [5, 5.41) is 9.28. The molecule has 0 bridgehead atoms. The Morgan fingerprint density at radius 2 is 0.853 bits per heavy atom. The lowest BCUT2D eigenvalue weighted by Crippen LogP contribution is -2.08.